The molecule has 0 fully saturated rings. The largest absolute Gasteiger partial charge is 0.391 e. The maximum atomic E-state index is 9.01. The molecule has 0 aliphatic carbocycles. The third-order valence-corrected chi connectivity index (χ3v) is 3.57. The molecule has 2 rings (SSSR count). The zero-order valence-electron chi connectivity index (χ0n) is 10.7. The van der Waals surface area contributed by atoms with Gasteiger partial charge in [-0.2, -0.15) is 0 Å². The smallest absolute Gasteiger partial charge is 0.0774 e. The Morgan fingerprint density at radius 2 is 1.76 bits per heavy atom. The average Bonchev–Trinajstić information content (AvgIpc) is 2.90. The summed E-state index contributed by atoms with van der Waals surface area (Å²) in [4.78, 5) is 1.03. The van der Waals surface area contributed by atoms with E-state index in [0.717, 1.165) is 4.88 Å². The number of aliphatic hydroxyl groups excluding tert-OH is 1. The standard InChI is InChI=1S/C13H14OS.C2H6/c1-10(11-5-3-2-4-6-11)12-7-13(8-14)15-9-12;1-2/h2-7,9-10,14H,8H2,1H3;1-2H3. The van der Waals surface area contributed by atoms with Crippen LogP contribution in [0.3, 0.4) is 0 Å². The Balaban J connectivity index is 0.000000686. The third-order valence-electron chi connectivity index (χ3n) is 2.63. The molecule has 2 heteroatoms. The maximum absolute atomic E-state index is 9.01. The summed E-state index contributed by atoms with van der Waals surface area (Å²) < 4.78 is 0. The highest BCUT2D eigenvalue weighted by Crippen LogP contribution is 2.27. The van der Waals surface area contributed by atoms with Crippen molar-refractivity contribution in [3.63, 3.8) is 0 Å². The highest BCUT2D eigenvalue weighted by atomic mass is 32.1. The van der Waals surface area contributed by atoms with E-state index in [1.807, 2.05) is 19.9 Å². The summed E-state index contributed by atoms with van der Waals surface area (Å²) in [5, 5.41) is 11.1. The monoisotopic (exact) mass is 248 g/mol. The Labute approximate surface area is 108 Å². The van der Waals surface area contributed by atoms with Crippen LogP contribution in [-0.4, -0.2) is 5.11 Å². The number of hydrogen-bond acceptors (Lipinski definition) is 2. The van der Waals surface area contributed by atoms with Gasteiger partial charge in [0.05, 0.1) is 6.61 Å². The summed E-state index contributed by atoms with van der Waals surface area (Å²) in [6.45, 7) is 6.34. The average molecular weight is 248 g/mol. The molecule has 1 N–H and O–H groups in total. The number of aliphatic hydroxyl groups is 1. The van der Waals surface area contributed by atoms with Gasteiger partial charge in [0.15, 0.2) is 0 Å². The highest BCUT2D eigenvalue weighted by Gasteiger charge is 2.09. The Bertz CT molecular complexity index is 419. The van der Waals surface area contributed by atoms with E-state index in [0.29, 0.717) is 5.92 Å². The minimum absolute atomic E-state index is 0.145. The summed E-state index contributed by atoms with van der Waals surface area (Å²) in [7, 11) is 0. The Hall–Kier alpha value is -1.12. The normalized spacial score (nSPS) is 11.5. The van der Waals surface area contributed by atoms with Gasteiger partial charge >= 0.3 is 0 Å². The van der Waals surface area contributed by atoms with Crippen LogP contribution in [-0.2, 0) is 6.61 Å². The lowest BCUT2D eigenvalue weighted by molar-refractivity contribution is 0.285. The van der Waals surface area contributed by atoms with E-state index in [9.17, 15) is 0 Å². The minimum Gasteiger partial charge on any atom is -0.391 e. The summed E-state index contributed by atoms with van der Waals surface area (Å²) in [5.74, 6) is 0.405. The minimum atomic E-state index is 0.145. The lowest BCUT2D eigenvalue weighted by Gasteiger charge is -2.09. The predicted octanol–water partition coefficient (Wildman–Crippen LogP) is 4.42. The van der Waals surface area contributed by atoms with Gasteiger partial charge in [0, 0.05) is 10.8 Å². The molecule has 0 amide bonds. The molecule has 0 aliphatic heterocycles. The molecule has 0 bridgehead atoms. The van der Waals surface area contributed by atoms with Crippen LogP contribution in [0.5, 0.6) is 0 Å². The van der Waals surface area contributed by atoms with E-state index in [1.54, 1.807) is 11.3 Å². The molecule has 0 saturated heterocycles. The first-order valence-corrected chi connectivity index (χ1v) is 6.92. The van der Waals surface area contributed by atoms with E-state index in [4.69, 9.17) is 5.11 Å². The van der Waals surface area contributed by atoms with Crippen LogP contribution in [0.2, 0.25) is 0 Å². The Morgan fingerprint density at radius 3 is 2.29 bits per heavy atom. The molecule has 0 spiro atoms. The quantitative estimate of drug-likeness (QED) is 0.852. The van der Waals surface area contributed by atoms with E-state index in [2.05, 4.69) is 42.6 Å². The van der Waals surface area contributed by atoms with Crippen molar-refractivity contribution in [1.82, 2.24) is 0 Å². The predicted molar refractivity (Wildman–Crippen MR) is 75.5 cm³/mol. The van der Waals surface area contributed by atoms with E-state index >= 15 is 0 Å². The molecule has 0 radical (unpaired) electrons. The maximum Gasteiger partial charge on any atom is 0.0774 e. The summed E-state index contributed by atoms with van der Waals surface area (Å²) >= 11 is 1.62. The van der Waals surface area contributed by atoms with Crippen molar-refractivity contribution >= 4 is 11.3 Å². The fourth-order valence-corrected chi connectivity index (χ4v) is 2.48. The molecule has 2 aromatic rings. The molecule has 1 atom stereocenters. The van der Waals surface area contributed by atoms with E-state index in [1.165, 1.54) is 11.1 Å². The van der Waals surface area contributed by atoms with Crippen LogP contribution in [0.1, 0.15) is 42.7 Å². The summed E-state index contributed by atoms with van der Waals surface area (Å²) in [6, 6.07) is 12.5. The summed E-state index contributed by atoms with van der Waals surface area (Å²) in [5.41, 5.74) is 2.61. The number of thiophene rings is 1. The molecule has 1 unspecified atom stereocenters. The topological polar surface area (TPSA) is 20.2 Å². The SMILES string of the molecule is CC.CC(c1ccccc1)c1csc(CO)c1. The first-order valence-electron chi connectivity index (χ1n) is 6.04. The fraction of sp³-hybridized carbons (Fsp3) is 0.333. The van der Waals surface area contributed by atoms with E-state index in [-0.39, 0.29) is 6.61 Å². The van der Waals surface area contributed by atoms with Crippen molar-refractivity contribution < 1.29 is 5.11 Å². The molecule has 17 heavy (non-hydrogen) atoms. The van der Waals surface area contributed by atoms with Crippen molar-refractivity contribution in [2.45, 2.75) is 33.3 Å². The van der Waals surface area contributed by atoms with Gasteiger partial charge in [-0.3, -0.25) is 0 Å². The fourth-order valence-electron chi connectivity index (χ4n) is 1.64. The van der Waals surface area contributed by atoms with Crippen molar-refractivity contribution in [2.75, 3.05) is 0 Å². The van der Waals surface area contributed by atoms with Gasteiger partial charge in [0.25, 0.3) is 0 Å². The van der Waals surface area contributed by atoms with Crippen LogP contribution in [0.25, 0.3) is 0 Å². The number of hydrogen-bond donors (Lipinski definition) is 1. The molecular weight excluding hydrogens is 228 g/mol. The highest BCUT2D eigenvalue weighted by molar-refractivity contribution is 7.10. The van der Waals surface area contributed by atoms with Gasteiger partial charge in [0.2, 0.25) is 0 Å². The zero-order chi connectivity index (χ0) is 12.7. The zero-order valence-corrected chi connectivity index (χ0v) is 11.5. The Kier molecular flexibility index (Phi) is 5.95. The van der Waals surface area contributed by atoms with Gasteiger partial charge in [-0.05, 0) is 22.6 Å². The van der Waals surface area contributed by atoms with Gasteiger partial charge in [-0.25, -0.2) is 0 Å². The molecule has 0 saturated carbocycles. The van der Waals surface area contributed by atoms with Crippen LogP contribution in [0, 0.1) is 0 Å². The molecule has 1 aromatic carbocycles. The molecule has 1 nitrogen and oxygen atoms in total. The number of benzene rings is 1. The van der Waals surface area contributed by atoms with Gasteiger partial charge in [-0.15, -0.1) is 11.3 Å². The van der Waals surface area contributed by atoms with Crippen LogP contribution >= 0.6 is 11.3 Å². The van der Waals surface area contributed by atoms with Gasteiger partial charge < -0.3 is 5.11 Å². The second-order valence-electron chi connectivity index (χ2n) is 3.64. The van der Waals surface area contributed by atoms with E-state index < -0.39 is 0 Å². The Morgan fingerprint density at radius 1 is 1.12 bits per heavy atom. The molecule has 1 heterocycles. The van der Waals surface area contributed by atoms with Gasteiger partial charge in [0.1, 0.15) is 0 Å². The third kappa shape index (κ3) is 3.69. The number of rotatable bonds is 3. The van der Waals surface area contributed by atoms with Crippen LogP contribution < -0.4 is 0 Å². The van der Waals surface area contributed by atoms with Crippen molar-refractivity contribution in [3.8, 4) is 0 Å². The first-order chi connectivity index (χ1) is 8.31. The second kappa shape index (κ2) is 7.25. The van der Waals surface area contributed by atoms with Crippen molar-refractivity contribution in [2.24, 2.45) is 0 Å². The van der Waals surface area contributed by atoms with Gasteiger partial charge in [-0.1, -0.05) is 51.1 Å². The van der Waals surface area contributed by atoms with Crippen molar-refractivity contribution in [3.05, 3.63) is 57.8 Å². The van der Waals surface area contributed by atoms with Crippen LogP contribution in [0.15, 0.2) is 41.8 Å². The molecule has 1 aromatic heterocycles. The first kappa shape index (κ1) is 13.9. The van der Waals surface area contributed by atoms with Crippen LogP contribution in [0.4, 0.5) is 0 Å². The lowest BCUT2D eigenvalue weighted by Crippen LogP contribution is -1.93. The van der Waals surface area contributed by atoms with Crippen molar-refractivity contribution in [1.29, 1.82) is 0 Å². The molecule has 92 valence electrons. The molecular formula is C15H20OS. The molecule has 0 aliphatic rings. The summed E-state index contributed by atoms with van der Waals surface area (Å²) in [6.07, 6.45) is 0. The lowest BCUT2D eigenvalue weighted by atomic mass is 9.95. The second-order valence-corrected chi connectivity index (χ2v) is 4.63.